The van der Waals surface area contributed by atoms with Crippen molar-refractivity contribution < 1.29 is 27.4 Å². The molecule has 3 nitrogen and oxygen atoms in total. The van der Waals surface area contributed by atoms with E-state index in [1.807, 2.05) is 0 Å². The second-order valence-corrected chi connectivity index (χ2v) is 5.95. The maximum absolute atomic E-state index is 13.1. The zero-order chi connectivity index (χ0) is 18.0. The number of hydrogen-bond acceptors (Lipinski definition) is 3. The third-order valence-corrected chi connectivity index (χ3v) is 4.32. The Morgan fingerprint density at radius 1 is 1.12 bits per heavy atom. The van der Waals surface area contributed by atoms with Gasteiger partial charge in [0.1, 0.15) is 12.4 Å². The molecule has 0 spiro atoms. The van der Waals surface area contributed by atoms with Crippen LogP contribution < -0.4 is 4.74 Å². The Balaban J connectivity index is 1.65. The summed E-state index contributed by atoms with van der Waals surface area (Å²) in [5, 5.41) is 0. The molecule has 0 N–H and O–H groups in total. The molecular formula is C19H17F3O3. The third-order valence-electron chi connectivity index (χ3n) is 4.32. The number of benzene rings is 2. The summed E-state index contributed by atoms with van der Waals surface area (Å²) in [7, 11) is 1.52. The summed E-state index contributed by atoms with van der Waals surface area (Å²) in [6.07, 6.45) is -4.05. The first-order valence-electron chi connectivity index (χ1n) is 7.86. The maximum Gasteiger partial charge on any atom is 0.416 e. The molecule has 2 aromatic rings. The van der Waals surface area contributed by atoms with Gasteiger partial charge in [0, 0.05) is 5.56 Å². The molecule has 1 aliphatic rings. The van der Waals surface area contributed by atoms with Crippen LogP contribution in [0.15, 0.2) is 48.5 Å². The molecule has 1 saturated carbocycles. The molecule has 2 unspecified atom stereocenters. The van der Waals surface area contributed by atoms with Crippen molar-refractivity contribution in [3.63, 3.8) is 0 Å². The Labute approximate surface area is 143 Å². The largest absolute Gasteiger partial charge is 0.496 e. The number of rotatable bonds is 5. The van der Waals surface area contributed by atoms with Crippen LogP contribution in [0.25, 0.3) is 0 Å². The fourth-order valence-electron chi connectivity index (χ4n) is 2.96. The number of ether oxygens (including phenoxy) is 2. The highest BCUT2D eigenvalue weighted by molar-refractivity contribution is 5.77. The van der Waals surface area contributed by atoms with Crippen LogP contribution in [0.5, 0.6) is 5.75 Å². The van der Waals surface area contributed by atoms with E-state index in [-0.39, 0.29) is 12.2 Å². The molecule has 2 atom stereocenters. The second-order valence-electron chi connectivity index (χ2n) is 5.95. The topological polar surface area (TPSA) is 35.5 Å². The summed E-state index contributed by atoms with van der Waals surface area (Å²) in [4.78, 5) is 12.2. The molecule has 25 heavy (non-hydrogen) atoms. The SMILES string of the molecule is COc1ccccc1COC(=O)C1CC1c1ccccc1C(F)(F)F. The molecular weight excluding hydrogens is 333 g/mol. The van der Waals surface area contributed by atoms with Crippen molar-refractivity contribution >= 4 is 5.97 Å². The first-order valence-corrected chi connectivity index (χ1v) is 7.86. The molecule has 0 aliphatic heterocycles. The zero-order valence-corrected chi connectivity index (χ0v) is 13.5. The molecule has 1 aliphatic carbocycles. The molecule has 3 rings (SSSR count). The van der Waals surface area contributed by atoms with Crippen molar-refractivity contribution in [3.05, 3.63) is 65.2 Å². The second kappa shape index (κ2) is 6.78. The number of hydrogen-bond donors (Lipinski definition) is 0. The van der Waals surface area contributed by atoms with Gasteiger partial charge >= 0.3 is 12.1 Å². The van der Waals surface area contributed by atoms with Crippen LogP contribution in [0.2, 0.25) is 0 Å². The molecule has 0 saturated heterocycles. The van der Waals surface area contributed by atoms with Crippen LogP contribution in [-0.2, 0) is 22.3 Å². The van der Waals surface area contributed by atoms with Crippen molar-refractivity contribution in [1.82, 2.24) is 0 Å². The molecule has 132 valence electrons. The first-order chi connectivity index (χ1) is 11.9. The van der Waals surface area contributed by atoms with E-state index in [0.29, 0.717) is 17.7 Å². The van der Waals surface area contributed by atoms with E-state index >= 15 is 0 Å². The van der Waals surface area contributed by atoms with Crippen LogP contribution in [0.1, 0.15) is 29.0 Å². The summed E-state index contributed by atoms with van der Waals surface area (Å²) >= 11 is 0. The Morgan fingerprint density at radius 2 is 1.80 bits per heavy atom. The fourth-order valence-corrected chi connectivity index (χ4v) is 2.96. The lowest BCUT2D eigenvalue weighted by atomic mass is 10.0. The molecule has 0 bridgehead atoms. The minimum absolute atomic E-state index is 0.0347. The average molecular weight is 350 g/mol. The predicted octanol–water partition coefficient (Wildman–Crippen LogP) is 4.56. The van der Waals surface area contributed by atoms with Gasteiger partial charge in [0.25, 0.3) is 0 Å². The van der Waals surface area contributed by atoms with Gasteiger partial charge in [0.15, 0.2) is 0 Å². The lowest BCUT2D eigenvalue weighted by molar-refractivity contribution is -0.147. The van der Waals surface area contributed by atoms with Crippen molar-refractivity contribution in [2.75, 3.05) is 7.11 Å². The minimum atomic E-state index is -4.43. The van der Waals surface area contributed by atoms with E-state index in [0.717, 1.165) is 6.07 Å². The number of methoxy groups -OCH3 is 1. The first kappa shape index (κ1) is 17.3. The van der Waals surface area contributed by atoms with E-state index in [2.05, 4.69) is 0 Å². The average Bonchev–Trinajstić information content (AvgIpc) is 3.40. The lowest BCUT2D eigenvalue weighted by Gasteiger charge is -2.12. The molecule has 0 aromatic heterocycles. The summed E-state index contributed by atoms with van der Waals surface area (Å²) in [5.74, 6) is -0.848. The molecule has 1 fully saturated rings. The van der Waals surface area contributed by atoms with Crippen molar-refractivity contribution in [2.45, 2.75) is 25.1 Å². The Bertz CT molecular complexity index is 771. The van der Waals surface area contributed by atoms with Crippen LogP contribution >= 0.6 is 0 Å². The van der Waals surface area contributed by atoms with Gasteiger partial charge in [-0.05, 0) is 30.0 Å². The van der Waals surface area contributed by atoms with Crippen LogP contribution in [0, 0.1) is 5.92 Å². The van der Waals surface area contributed by atoms with E-state index in [1.165, 1.54) is 19.2 Å². The van der Waals surface area contributed by atoms with Gasteiger partial charge in [-0.2, -0.15) is 13.2 Å². The number of carbonyl (C=O) groups is 1. The molecule has 0 heterocycles. The van der Waals surface area contributed by atoms with E-state index < -0.39 is 29.5 Å². The molecule has 0 radical (unpaired) electrons. The highest BCUT2D eigenvalue weighted by atomic mass is 19.4. The van der Waals surface area contributed by atoms with Gasteiger partial charge in [-0.3, -0.25) is 4.79 Å². The van der Waals surface area contributed by atoms with Crippen LogP contribution in [0.3, 0.4) is 0 Å². The summed E-state index contributed by atoms with van der Waals surface area (Å²) in [5.41, 5.74) is 0.195. The van der Waals surface area contributed by atoms with Gasteiger partial charge in [-0.25, -0.2) is 0 Å². The van der Waals surface area contributed by atoms with E-state index in [4.69, 9.17) is 9.47 Å². The quantitative estimate of drug-likeness (QED) is 0.742. The fraction of sp³-hybridized carbons (Fsp3) is 0.316. The minimum Gasteiger partial charge on any atom is -0.496 e. The van der Waals surface area contributed by atoms with Gasteiger partial charge in [0.2, 0.25) is 0 Å². The van der Waals surface area contributed by atoms with Gasteiger partial charge in [0.05, 0.1) is 18.6 Å². The summed E-state index contributed by atoms with van der Waals surface area (Å²) < 4.78 is 49.7. The Kier molecular flexibility index (Phi) is 4.70. The highest BCUT2D eigenvalue weighted by Crippen LogP contribution is 2.51. The highest BCUT2D eigenvalue weighted by Gasteiger charge is 2.48. The summed E-state index contributed by atoms with van der Waals surface area (Å²) in [6, 6.07) is 12.5. The van der Waals surface area contributed by atoms with Gasteiger partial charge < -0.3 is 9.47 Å². The standard InChI is InChI=1S/C19H17F3O3/c1-24-17-9-5-2-6-12(17)11-25-18(23)15-10-14(15)13-7-3-4-8-16(13)19(20,21)22/h2-9,14-15H,10-11H2,1H3. The van der Waals surface area contributed by atoms with Crippen molar-refractivity contribution in [1.29, 1.82) is 0 Å². The Hall–Kier alpha value is -2.50. The van der Waals surface area contributed by atoms with Crippen molar-refractivity contribution in [2.24, 2.45) is 5.92 Å². The number of para-hydroxylation sites is 1. The maximum atomic E-state index is 13.1. The van der Waals surface area contributed by atoms with Crippen molar-refractivity contribution in [3.8, 4) is 5.75 Å². The smallest absolute Gasteiger partial charge is 0.416 e. The van der Waals surface area contributed by atoms with E-state index in [9.17, 15) is 18.0 Å². The van der Waals surface area contributed by atoms with Crippen LogP contribution in [-0.4, -0.2) is 13.1 Å². The normalized spacial score (nSPS) is 19.4. The van der Waals surface area contributed by atoms with Crippen LogP contribution in [0.4, 0.5) is 13.2 Å². The molecule has 6 heteroatoms. The number of esters is 1. The van der Waals surface area contributed by atoms with Gasteiger partial charge in [-0.1, -0.05) is 36.4 Å². The van der Waals surface area contributed by atoms with Gasteiger partial charge in [-0.15, -0.1) is 0 Å². The van der Waals surface area contributed by atoms with E-state index in [1.54, 1.807) is 30.3 Å². The third kappa shape index (κ3) is 3.78. The lowest BCUT2D eigenvalue weighted by Crippen LogP contribution is -2.11. The Morgan fingerprint density at radius 3 is 2.52 bits per heavy atom. The molecule has 2 aromatic carbocycles. The monoisotopic (exact) mass is 350 g/mol. The zero-order valence-electron chi connectivity index (χ0n) is 13.5. The number of carbonyl (C=O) groups excluding carboxylic acids is 1. The number of halogens is 3. The molecule has 0 amide bonds. The number of alkyl halides is 3. The predicted molar refractivity (Wildman–Crippen MR) is 85.1 cm³/mol. The summed E-state index contributed by atoms with van der Waals surface area (Å²) in [6.45, 7) is 0.0347.